The third-order valence-corrected chi connectivity index (χ3v) is 5.57. The third kappa shape index (κ3) is 3.25. The molecule has 0 radical (unpaired) electrons. The van der Waals surface area contributed by atoms with Crippen LogP contribution >= 0.6 is 11.6 Å². The second-order valence-corrected chi connectivity index (χ2v) is 7.80. The average Bonchev–Trinajstić information content (AvgIpc) is 2.61. The molecule has 0 saturated carbocycles. The highest BCUT2D eigenvalue weighted by molar-refractivity contribution is 7.89. The normalized spacial score (nSPS) is 19.5. The molecule has 1 unspecified atom stereocenters. The molecule has 0 saturated heterocycles. The SMILES string of the molecule is COc1ccc(C2(c3ccc(S(N)(=O)=O)c(F)c3)C=CC=NC2)cc1Cl. The fraction of sp³-hybridized carbons (Fsp3) is 0.167. The van der Waals surface area contributed by atoms with Gasteiger partial charge in [0.15, 0.2) is 0 Å². The van der Waals surface area contributed by atoms with Crippen LogP contribution in [0, 0.1) is 5.82 Å². The first kappa shape index (κ1) is 18.6. The maximum absolute atomic E-state index is 14.4. The molecule has 3 rings (SSSR count). The Morgan fingerprint density at radius 1 is 1.23 bits per heavy atom. The Balaban J connectivity index is 2.19. The number of hydrogen-bond donors (Lipinski definition) is 1. The maximum Gasteiger partial charge on any atom is 0.240 e. The monoisotopic (exact) mass is 394 g/mol. The minimum absolute atomic E-state index is 0.320. The van der Waals surface area contributed by atoms with Crippen molar-refractivity contribution in [1.29, 1.82) is 0 Å². The number of rotatable bonds is 4. The average molecular weight is 395 g/mol. The number of dihydropyridines is 1. The number of hydrogen-bond acceptors (Lipinski definition) is 4. The van der Waals surface area contributed by atoms with Gasteiger partial charge < -0.3 is 4.74 Å². The fourth-order valence-corrected chi connectivity index (χ4v) is 3.86. The van der Waals surface area contributed by atoms with Gasteiger partial charge in [-0.25, -0.2) is 17.9 Å². The number of nitrogens with two attached hydrogens (primary N) is 1. The van der Waals surface area contributed by atoms with Crippen molar-refractivity contribution in [3.8, 4) is 5.75 Å². The van der Waals surface area contributed by atoms with Gasteiger partial charge in [0.2, 0.25) is 10.0 Å². The summed E-state index contributed by atoms with van der Waals surface area (Å²) in [5.41, 5.74) is 0.526. The van der Waals surface area contributed by atoms with Gasteiger partial charge in [-0.2, -0.15) is 0 Å². The number of methoxy groups -OCH3 is 1. The maximum atomic E-state index is 14.4. The Morgan fingerprint density at radius 3 is 2.46 bits per heavy atom. The molecule has 0 bridgehead atoms. The van der Waals surface area contributed by atoms with Crippen LogP contribution in [0.3, 0.4) is 0 Å². The van der Waals surface area contributed by atoms with Gasteiger partial charge in [0.05, 0.1) is 24.1 Å². The summed E-state index contributed by atoms with van der Waals surface area (Å²) in [7, 11) is -2.62. The molecule has 0 amide bonds. The topological polar surface area (TPSA) is 81.8 Å². The number of ether oxygens (including phenoxy) is 1. The first-order chi connectivity index (χ1) is 12.3. The van der Waals surface area contributed by atoms with Crippen LogP contribution in [0.15, 0.2) is 58.4 Å². The molecule has 2 aromatic rings. The number of primary sulfonamides is 1. The van der Waals surface area contributed by atoms with Crippen LogP contribution in [-0.2, 0) is 15.4 Å². The molecular formula is C18H16ClFN2O3S. The number of sulfonamides is 1. The van der Waals surface area contributed by atoms with Crippen molar-refractivity contribution in [3.05, 3.63) is 70.5 Å². The fourth-order valence-electron chi connectivity index (χ4n) is 3.01. The molecule has 1 aliphatic rings. The second kappa shape index (κ2) is 6.83. The van der Waals surface area contributed by atoms with Gasteiger partial charge in [0.1, 0.15) is 16.5 Å². The van der Waals surface area contributed by atoms with Crippen LogP contribution in [0.5, 0.6) is 5.75 Å². The highest BCUT2D eigenvalue weighted by Crippen LogP contribution is 2.39. The van der Waals surface area contributed by atoms with Crippen molar-refractivity contribution in [2.45, 2.75) is 10.3 Å². The summed E-state index contributed by atoms with van der Waals surface area (Å²) < 4.78 is 42.5. The predicted molar refractivity (Wildman–Crippen MR) is 99.1 cm³/mol. The Hall–Kier alpha value is -2.22. The molecule has 0 aromatic heterocycles. The summed E-state index contributed by atoms with van der Waals surface area (Å²) in [4.78, 5) is 3.76. The van der Waals surface area contributed by atoms with E-state index in [2.05, 4.69) is 4.99 Å². The second-order valence-electron chi connectivity index (χ2n) is 5.86. The van der Waals surface area contributed by atoms with Crippen LogP contribution in [0.4, 0.5) is 4.39 Å². The molecule has 0 spiro atoms. The minimum atomic E-state index is -4.14. The zero-order valence-corrected chi connectivity index (χ0v) is 15.4. The largest absolute Gasteiger partial charge is 0.495 e. The molecular weight excluding hydrogens is 379 g/mol. The van der Waals surface area contributed by atoms with Crippen LogP contribution in [-0.4, -0.2) is 28.3 Å². The Bertz CT molecular complexity index is 1020. The van der Waals surface area contributed by atoms with E-state index in [1.165, 1.54) is 25.3 Å². The number of nitrogens with zero attached hydrogens (tertiary/aromatic N) is 1. The van der Waals surface area contributed by atoms with E-state index in [1.807, 2.05) is 12.1 Å². The summed E-state index contributed by atoms with van der Waals surface area (Å²) in [5, 5.41) is 5.46. The number of aliphatic imine (C=N–C) groups is 1. The Labute approximate surface area is 156 Å². The summed E-state index contributed by atoms with van der Waals surface area (Å²) in [6.45, 7) is 0.320. The molecule has 2 N–H and O–H groups in total. The number of benzene rings is 2. The first-order valence-electron chi connectivity index (χ1n) is 7.62. The minimum Gasteiger partial charge on any atom is -0.495 e. The third-order valence-electron chi connectivity index (χ3n) is 4.33. The highest BCUT2D eigenvalue weighted by Gasteiger charge is 2.34. The molecule has 1 heterocycles. The molecule has 136 valence electrons. The van der Waals surface area contributed by atoms with E-state index in [1.54, 1.807) is 24.4 Å². The van der Waals surface area contributed by atoms with E-state index in [-0.39, 0.29) is 0 Å². The quantitative estimate of drug-likeness (QED) is 0.865. The smallest absolute Gasteiger partial charge is 0.240 e. The van der Waals surface area contributed by atoms with Crippen molar-refractivity contribution >= 4 is 27.8 Å². The van der Waals surface area contributed by atoms with Crippen molar-refractivity contribution < 1.29 is 17.5 Å². The van der Waals surface area contributed by atoms with E-state index in [0.717, 1.165) is 5.56 Å². The van der Waals surface area contributed by atoms with Crippen LogP contribution < -0.4 is 9.88 Å². The van der Waals surface area contributed by atoms with Gasteiger partial charge in [0, 0.05) is 6.21 Å². The van der Waals surface area contributed by atoms with Gasteiger partial charge in [-0.3, -0.25) is 4.99 Å². The lowest BCUT2D eigenvalue weighted by atomic mass is 9.73. The van der Waals surface area contributed by atoms with E-state index in [9.17, 15) is 12.8 Å². The van der Waals surface area contributed by atoms with Gasteiger partial charge in [0.25, 0.3) is 0 Å². The molecule has 2 aromatic carbocycles. The molecule has 1 aliphatic heterocycles. The summed E-state index contributed by atoms with van der Waals surface area (Å²) in [5.74, 6) is -0.392. The highest BCUT2D eigenvalue weighted by atomic mass is 35.5. The van der Waals surface area contributed by atoms with Crippen molar-refractivity contribution in [2.24, 2.45) is 10.1 Å². The van der Waals surface area contributed by atoms with Gasteiger partial charge in [-0.05, 0) is 41.5 Å². The van der Waals surface area contributed by atoms with Crippen molar-refractivity contribution in [3.63, 3.8) is 0 Å². The van der Waals surface area contributed by atoms with Crippen molar-refractivity contribution in [2.75, 3.05) is 13.7 Å². The van der Waals surface area contributed by atoms with Gasteiger partial charge >= 0.3 is 0 Å². The van der Waals surface area contributed by atoms with E-state index >= 15 is 0 Å². The lowest BCUT2D eigenvalue weighted by Crippen LogP contribution is -2.31. The van der Waals surface area contributed by atoms with Crippen LogP contribution in [0.2, 0.25) is 5.02 Å². The van der Waals surface area contributed by atoms with Crippen LogP contribution in [0.1, 0.15) is 11.1 Å². The molecule has 1 atom stereocenters. The van der Waals surface area contributed by atoms with Gasteiger partial charge in [-0.1, -0.05) is 29.8 Å². The summed E-state index contributed by atoms with van der Waals surface area (Å²) in [6, 6.07) is 9.15. The van der Waals surface area contributed by atoms with E-state index in [4.69, 9.17) is 21.5 Å². The lowest BCUT2D eigenvalue weighted by molar-refractivity contribution is 0.414. The molecule has 0 fully saturated rings. The van der Waals surface area contributed by atoms with E-state index < -0.39 is 26.2 Å². The molecule has 8 heteroatoms. The number of halogens is 2. The van der Waals surface area contributed by atoms with Crippen LogP contribution in [0.25, 0.3) is 0 Å². The standard InChI is InChI=1S/C18H16ClFN2O3S/c1-25-16-5-3-12(9-14(16)19)18(7-2-8-22-11-18)13-4-6-17(15(20)10-13)26(21,23)24/h2-10H,11H2,1H3,(H2,21,23,24). The predicted octanol–water partition coefficient (Wildman–Crippen LogP) is 3.06. The Kier molecular flexibility index (Phi) is 4.88. The molecule has 5 nitrogen and oxygen atoms in total. The zero-order valence-electron chi connectivity index (χ0n) is 13.8. The Morgan fingerprint density at radius 2 is 1.92 bits per heavy atom. The van der Waals surface area contributed by atoms with Crippen molar-refractivity contribution in [1.82, 2.24) is 0 Å². The summed E-state index contributed by atoms with van der Waals surface area (Å²) in [6.07, 6.45) is 5.29. The first-order valence-corrected chi connectivity index (χ1v) is 9.55. The number of allylic oxidation sites excluding steroid dienone is 1. The lowest BCUT2D eigenvalue weighted by Gasteiger charge is -2.32. The molecule has 0 aliphatic carbocycles. The van der Waals surface area contributed by atoms with Gasteiger partial charge in [-0.15, -0.1) is 0 Å². The van der Waals surface area contributed by atoms with E-state index in [0.29, 0.717) is 22.9 Å². The molecule has 26 heavy (non-hydrogen) atoms. The summed E-state index contributed by atoms with van der Waals surface area (Å²) >= 11 is 6.26. The zero-order chi connectivity index (χ0) is 18.9.